The Bertz CT molecular complexity index is 205. The summed E-state index contributed by atoms with van der Waals surface area (Å²) in [4.78, 5) is 0. The van der Waals surface area contributed by atoms with Gasteiger partial charge in [0.1, 0.15) is 0 Å². The molecule has 2 aliphatic rings. The first-order chi connectivity index (χ1) is 7.68. The summed E-state index contributed by atoms with van der Waals surface area (Å²) in [6.07, 6.45) is 11.7. The van der Waals surface area contributed by atoms with Crippen molar-refractivity contribution in [2.75, 3.05) is 13.1 Å². The maximum atomic E-state index is 3.76. The second-order valence-corrected chi connectivity index (χ2v) is 6.79. The minimum Gasteiger partial charge on any atom is -0.316 e. The van der Waals surface area contributed by atoms with Crippen LogP contribution in [0.25, 0.3) is 0 Å². The molecule has 0 aromatic rings. The quantitative estimate of drug-likeness (QED) is 0.760. The van der Waals surface area contributed by atoms with Crippen LogP contribution >= 0.6 is 0 Å². The maximum Gasteiger partial charge on any atom is 0.000527 e. The average molecular weight is 223 g/mol. The molecule has 0 radical (unpaired) electrons. The summed E-state index contributed by atoms with van der Waals surface area (Å²) in [5.41, 5.74) is 0.625. The molecule has 2 atom stereocenters. The minimum atomic E-state index is 0.625. The van der Waals surface area contributed by atoms with Gasteiger partial charge in [-0.15, -0.1) is 0 Å². The topological polar surface area (TPSA) is 12.0 Å². The van der Waals surface area contributed by atoms with E-state index in [2.05, 4.69) is 19.2 Å². The van der Waals surface area contributed by atoms with Gasteiger partial charge in [0.2, 0.25) is 0 Å². The Morgan fingerprint density at radius 2 is 1.88 bits per heavy atom. The Hall–Kier alpha value is -0.0400. The lowest BCUT2D eigenvalue weighted by molar-refractivity contribution is 0.252. The molecule has 0 aromatic heterocycles. The summed E-state index contributed by atoms with van der Waals surface area (Å²) < 4.78 is 0. The molecule has 1 nitrogen and oxygen atoms in total. The van der Waals surface area contributed by atoms with Gasteiger partial charge in [0.05, 0.1) is 0 Å². The summed E-state index contributed by atoms with van der Waals surface area (Å²) in [5.74, 6) is 1.94. The molecule has 0 spiro atoms. The van der Waals surface area contributed by atoms with Crippen LogP contribution in [0.2, 0.25) is 0 Å². The van der Waals surface area contributed by atoms with Gasteiger partial charge in [0.15, 0.2) is 0 Å². The van der Waals surface area contributed by atoms with Crippen LogP contribution in [0.3, 0.4) is 0 Å². The summed E-state index contributed by atoms with van der Waals surface area (Å²) in [5, 5.41) is 3.76. The highest BCUT2D eigenvalue weighted by molar-refractivity contribution is 4.83. The summed E-state index contributed by atoms with van der Waals surface area (Å²) >= 11 is 0. The van der Waals surface area contributed by atoms with Gasteiger partial charge < -0.3 is 5.32 Å². The number of hydrogen-bond acceptors (Lipinski definition) is 1. The lowest BCUT2D eigenvalue weighted by Gasteiger charge is -2.29. The molecule has 2 unspecified atom stereocenters. The smallest absolute Gasteiger partial charge is 0.000527 e. The Morgan fingerprint density at radius 3 is 2.56 bits per heavy atom. The van der Waals surface area contributed by atoms with Gasteiger partial charge in [0, 0.05) is 6.54 Å². The molecule has 1 heteroatoms. The molecule has 0 amide bonds. The fourth-order valence-corrected chi connectivity index (χ4v) is 3.73. The van der Waals surface area contributed by atoms with Crippen LogP contribution in [0.5, 0.6) is 0 Å². The van der Waals surface area contributed by atoms with Crippen molar-refractivity contribution in [2.24, 2.45) is 17.3 Å². The van der Waals surface area contributed by atoms with E-state index in [0.717, 1.165) is 11.8 Å². The largest absolute Gasteiger partial charge is 0.316 e. The van der Waals surface area contributed by atoms with Gasteiger partial charge in [-0.3, -0.25) is 0 Å². The van der Waals surface area contributed by atoms with Gasteiger partial charge >= 0.3 is 0 Å². The fourth-order valence-electron chi connectivity index (χ4n) is 3.73. The molecule has 2 saturated carbocycles. The van der Waals surface area contributed by atoms with E-state index in [4.69, 9.17) is 0 Å². The SMILES string of the molecule is CC1CCCC(CNCC2(C)CCCC2)C1. The van der Waals surface area contributed by atoms with Gasteiger partial charge in [-0.1, -0.05) is 39.5 Å². The van der Waals surface area contributed by atoms with Crippen molar-refractivity contribution in [1.82, 2.24) is 5.32 Å². The molecular weight excluding hydrogens is 194 g/mol. The van der Waals surface area contributed by atoms with Crippen LogP contribution < -0.4 is 5.32 Å². The van der Waals surface area contributed by atoms with Gasteiger partial charge in [-0.2, -0.15) is 0 Å². The van der Waals surface area contributed by atoms with E-state index in [1.165, 1.54) is 64.5 Å². The molecule has 0 saturated heterocycles. The highest BCUT2D eigenvalue weighted by Gasteiger charge is 2.28. The lowest BCUT2D eigenvalue weighted by Crippen LogP contribution is -2.34. The highest BCUT2D eigenvalue weighted by Crippen LogP contribution is 2.36. The van der Waals surface area contributed by atoms with Crippen molar-refractivity contribution in [3.63, 3.8) is 0 Å². The zero-order valence-electron chi connectivity index (χ0n) is 11.2. The lowest BCUT2D eigenvalue weighted by atomic mass is 9.82. The molecular formula is C15H29N. The van der Waals surface area contributed by atoms with Crippen LogP contribution in [0, 0.1) is 17.3 Å². The highest BCUT2D eigenvalue weighted by atomic mass is 14.9. The second-order valence-electron chi connectivity index (χ2n) is 6.79. The number of hydrogen-bond donors (Lipinski definition) is 1. The molecule has 2 rings (SSSR count). The molecule has 0 aliphatic heterocycles. The normalized spacial score (nSPS) is 34.1. The monoisotopic (exact) mass is 223 g/mol. The van der Waals surface area contributed by atoms with E-state index in [1.54, 1.807) is 0 Å². The van der Waals surface area contributed by atoms with E-state index in [9.17, 15) is 0 Å². The third kappa shape index (κ3) is 3.48. The van der Waals surface area contributed by atoms with Crippen LogP contribution in [0.1, 0.15) is 65.2 Å². The second kappa shape index (κ2) is 5.53. The average Bonchev–Trinajstić information content (AvgIpc) is 2.65. The van der Waals surface area contributed by atoms with Crippen molar-refractivity contribution < 1.29 is 0 Å². The molecule has 1 N–H and O–H groups in total. The van der Waals surface area contributed by atoms with Crippen LogP contribution in [-0.4, -0.2) is 13.1 Å². The van der Waals surface area contributed by atoms with Crippen molar-refractivity contribution >= 4 is 0 Å². The summed E-state index contributed by atoms with van der Waals surface area (Å²) in [6, 6.07) is 0. The van der Waals surface area contributed by atoms with Gasteiger partial charge in [0.25, 0.3) is 0 Å². The zero-order chi connectivity index (χ0) is 11.4. The first-order valence-corrected chi connectivity index (χ1v) is 7.39. The summed E-state index contributed by atoms with van der Waals surface area (Å²) in [6.45, 7) is 7.43. The minimum absolute atomic E-state index is 0.625. The first-order valence-electron chi connectivity index (χ1n) is 7.39. The van der Waals surface area contributed by atoms with E-state index in [0.29, 0.717) is 5.41 Å². The molecule has 94 valence electrons. The Morgan fingerprint density at radius 1 is 1.12 bits per heavy atom. The molecule has 0 aromatic carbocycles. The Balaban J connectivity index is 1.63. The third-order valence-electron chi connectivity index (χ3n) is 4.84. The van der Waals surface area contributed by atoms with E-state index in [-0.39, 0.29) is 0 Å². The van der Waals surface area contributed by atoms with Gasteiger partial charge in [-0.25, -0.2) is 0 Å². The molecule has 0 heterocycles. The number of rotatable bonds is 4. The molecule has 2 fully saturated rings. The Kier molecular flexibility index (Phi) is 4.29. The maximum absolute atomic E-state index is 3.76. The summed E-state index contributed by atoms with van der Waals surface area (Å²) in [7, 11) is 0. The first kappa shape index (κ1) is 12.4. The molecule has 0 bridgehead atoms. The van der Waals surface area contributed by atoms with Crippen molar-refractivity contribution in [2.45, 2.75) is 65.2 Å². The van der Waals surface area contributed by atoms with E-state index in [1.807, 2.05) is 0 Å². The van der Waals surface area contributed by atoms with Crippen LogP contribution in [0.4, 0.5) is 0 Å². The zero-order valence-corrected chi connectivity index (χ0v) is 11.2. The predicted molar refractivity (Wildman–Crippen MR) is 70.6 cm³/mol. The van der Waals surface area contributed by atoms with Crippen LogP contribution in [-0.2, 0) is 0 Å². The Labute approximate surface area is 101 Å². The molecule has 16 heavy (non-hydrogen) atoms. The fraction of sp³-hybridized carbons (Fsp3) is 1.00. The van der Waals surface area contributed by atoms with Crippen molar-refractivity contribution in [3.05, 3.63) is 0 Å². The van der Waals surface area contributed by atoms with E-state index < -0.39 is 0 Å². The van der Waals surface area contributed by atoms with Crippen LogP contribution in [0.15, 0.2) is 0 Å². The van der Waals surface area contributed by atoms with Gasteiger partial charge in [-0.05, 0) is 49.5 Å². The third-order valence-corrected chi connectivity index (χ3v) is 4.84. The number of nitrogens with one attached hydrogen (secondary N) is 1. The molecule has 2 aliphatic carbocycles. The predicted octanol–water partition coefficient (Wildman–Crippen LogP) is 3.98. The van der Waals surface area contributed by atoms with Crippen molar-refractivity contribution in [1.29, 1.82) is 0 Å². The van der Waals surface area contributed by atoms with Crippen molar-refractivity contribution in [3.8, 4) is 0 Å². The standard InChI is InChI=1S/C15H29N/c1-13-6-5-7-14(10-13)11-16-12-15(2)8-3-4-9-15/h13-14,16H,3-12H2,1-2H3. The van der Waals surface area contributed by atoms with E-state index >= 15 is 0 Å².